The predicted octanol–water partition coefficient (Wildman–Crippen LogP) is 2.35. The van der Waals surface area contributed by atoms with Gasteiger partial charge in [0.1, 0.15) is 5.69 Å². The highest BCUT2D eigenvalue weighted by atomic mass is 32.2. The van der Waals surface area contributed by atoms with Crippen LogP contribution in [0, 0.1) is 16.0 Å². The first-order valence-electron chi connectivity index (χ1n) is 7.55. The quantitative estimate of drug-likeness (QED) is 0.628. The molecule has 1 fully saturated rings. The Morgan fingerprint density at radius 1 is 1.48 bits per heavy atom. The van der Waals surface area contributed by atoms with Crippen LogP contribution in [0.1, 0.15) is 32.6 Å². The molecule has 1 aliphatic carbocycles. The van der Waals surface area contributed by atoms with Gasteiger partial charge in [0.15, 0.2) is 9.84 Å². The molecular weight excluding hydrogens is 320 g/mol. The molecule has 2 atom stereocenters. The van der Waals surface area contributed by atoms with Gasteiger partial charge in [-0.2, -0.15) is 0 Å². The van der Waals surface area contributed by atoms with Gasteiger partial charge in [0.25, 0.3) is 5.69 Å². The average molecular weight is 342 g/mol. The van der Waals surface area contributed by atoms with Crippen molar-refractivity contribution in [1.82, 2.24) is 0 Å². The number of nitro groups is 1. The van der Waals surface area contributed by atoms with Crippen molar-refractivity contribution in [3.63, 3.8) is 0 Å². The summed E-state index contributed by atoms with van der Waals surface area (Å²) in [7, 11) is -3.51. The summed E-state index contributed by atoms with van der Waals surface area (Å²) in [5.74, 6) is 0.415. The predicted molar refractivity (Wildman–Crippen MR) is 87.3 cm³/mol. The first kappa shape index (κ1) is 17.7. The third-order valence-electron chi connectivity index (χ3n) is 4.27. The molecule has 0 spiro atoms. The Morgan fingerprint density at radius 2 is 2.17 bits per heavy atom. The number of hydrogen-bond donors (Lipinski definition) is 2. The maximum Gasteiger partial charge on any atom is 0.293 e. The van der Waals surface area contributed by atoms with Gasteiger partial charge in [-0.25, -0.2) is 8.42 Å². The van der Waals surface area contributed by atoms with Crippen LogP contribution in [0.3, 0.4) is 0 Å². The molecule has 7 nitrogen and oxygen atoms in total. The number of nitrogens with one attached hydrogen (secondary N) is 1. The normalized spacial score (nSPS) is 25.1. The highest BCUT2D eigenvalue weighted by molar-refractivity contribution is 7.90. The standard InChI is InChI=1S/C15H22N2O5S/c1-11-4-3-7-15(18,9-11)10-16-13-6-5-12(23(2,21)22)8-14(13)17(19)20/h5-6,8,11,16,18H,3-4,7,9-10H2,1-2H3/t11-,15-/m1/s1. The van der Waals surface area contributed by atoms with E-state index < -0.39 is 20.4 Å². The molecule has 0 aliphatic heterocycles. The largest absolute Gasteiger partial charge is 0.388 e. The first-order chi connectivity index (χ1) is 10.6. The average Bonchev–Trinajstić information content (AvgIpc) is 2.43. The van der Waals surface area contributed by atoms with E-state index in [0.29, 0.717) is 18.8 Å². The van der Waals surface area contributed by atoms with Crippen molar-refractivity contribution < 1.29 is 18.4 Å². The summed E-state index contributed by atoms with van der Waals surface area (Å²) in [4.78, 5) is 10.5. The molecule has 23 heavy (non-hydrogen) atoms. The van der Waals surface area contributed by atoms with Gasteiger partial charge >= 0.3 is 0 Å². The van der Waals surface area contributed by atoms with Crippen LogP contribution in [-0.4, -0.2) is 36.8 Å². The smallest absolute Gasteiger partial charge is 0.293 e. The van der Waals surface area contributed by atoms with Crippen LogP contribution >= 0.6 is 0 Å². The Balaban J connectivity index is 2.21. The molecule has 8 heteroatoms. The molecule has 2 rings (SSSR count). The monoisotopic (exact) mass is 342 g/mol. The fraction of sp³-hybridized carbons (Fsp3) is 0.600. The molecule has 1 aliphatic rings. The van der Waals surface area contributed by atoms with Gasteiger partial charge in [-0.15, -0.1) is 0 Å². The Labute approximate surface area is 135 Å². The van der Waals surface area contributed by atoms with Crippen LogP contribution in [0.5, 0.6) is 0 Å². The SMILES string of the molecule is C[C@@H]1CCC[C@](O)(CNc2ccc(S(C)(=O)=O)cc2[N+](=O)[O-])C1. The Hall–Kier alpha value is -1.67. The zero-order chi connectivity index (χ0) is 17.3. The van der Waals surface area contributed by atoms with Gasteiger partial charge in [-0.3, -0.25) is 10.1 Å². The molecule has 0 unspecified atom stereocenters. The van der Waals surface area contributed by atoms with E-state index in [-0.39, 0.29) is 22.8 Å². The minimum Gasteiger partial charge on any atom is -0.388 e. The van der Waals surface area contributed by atoms with Crippen molar-refractivity contribution in [3.8, 4) is 0 Å². The van der Waals surface area contributed by atoms with Gasteiger partial charge in [0.05, 0.1) is 15.4 Å². The Morgan fingerprint density at radius 3 is 2.74 bits per heavy atom. The lowest BCUT2D eigenvalue weighted by molar-refractivity contribution is -0.384. The number of aliphatic hydroxyl groups is 1. The molecular formula is C15H22N2O5S. The third kappa shape index (κ3) is 4.42. The van der Waals surface area contributed by atoms with E-state index in [1.165, 1.54) is 12.1 Å². The number of nitrogens with zero attached hydrogens (tertiary/aromatic N) is 1. The number of sulfone groups is 1. The fourth-order valence-corrected chi connectivity index (χ4v) is 3.74. The highest BCUT2D eigenvalue weighted by Crippen LogP contribution is 2.34. The molecule has 1 aromatic carbocycles. The van der Waals surface area contributed by atoms with E-state index in [2.05, 4.69) is 12.2 Å². The summed E-state index contributed by atoms with van der Waals surface area (Å²) < 4.78 is 23.1. The number of nitro benzene ring substituents is 1. The summed E-state index contributed by atoms with van der Waals surface area (Å²) >= 11 is 0. The number of benzene rings is 1. The lowest BCUT2D eigenvalue weighted by Gasteiger charge is -2.35. The van der Waals surface area contributed by atoms with Crippen LogP contribution in [0.2, 0.25) is 0 Å². The zero-order valence-corrected chi connectivity index (χ0v) is 14.1. The van der Waals surface area contributed by atoms with E-state index in [4.69, 9.17) is 0 Å². The molecule has 0 amide bonds. The van der Waals surface area contributed by atoms with Crippen molar-refractivity contribution in [2.75, 3.05) is 18.1 Å². The summed E-state index contributed by atoms with van der Waals surface area (Å²) in [6.07, 6.45) is 4.31. The van der Waals surface area contributed by atoms with E-state index in [0.717, 1.165) is 25.2 Å². The van der Waals surface area contributed by atoms with Crippen molar-refractivity contribution in [3.05, 3.63) is 28.3 Å². The van der Waals surface area contributed by atoms with E-state index in [1.807, 2.05) is 0 Å². The lowest BCUT2D eigenvalue weighted by atomic mass is 9.79. The van der Waals surface area contributed by atoms with Gasteiger partial charge in [-0.1, -0.05) is 19.8 Å². The Bertz CT molecular complexity index is 704. The van der Waals surface area contributed by atoms with Crippen molar-refractivity contribution in [2.45, 2.75) is 43.1 Å². The van der Waals surface area contributed by atoms with Gasteiger partial charge in [0, 0.05) is 18.9 Å². The molecule has 0 bridgehead atoms. The molecule has 1 aromatic rings. The second kappa shape index (κ2) is 6.45. The molecule has 1 saturated carbocycles. The molecule has 0 aromatic heterocycles. The first-order valence-corrected chi connectivity index (χ1v) is 9.45. The topological polar surface area (TPSA) is 110 Å². The summed E-state index contributed by atoms with van der Waals surface area (Å²) in [6.45, 7) is 2.28. The Kier molecular flexibility index (Phi) is 4.95. The number of anilines is 1. The molecule has 0 radical (unpaired) electrons. The minimum absolute atomic E-state index is 0.0975. The maximum atomic E-state index is 11.5. The summed E-state index contributed by atoms with van der Waals surface area (Å²) in [5, 5.41) is 24.7. The number of hydrogen-bond acceptors (Lipinski definition) is 6. The molecule has 128 valence electrons. The van der Waals surface area contributed by atoms with Crippen molar-refractivity contribution in [1.29, 1.82) is 0 Å². The summed E-state index contributed by atoms with van der Waals surface area (Å²) in [6, 6.07) is 3.76. The van der Waals surface area contributed by atoms with Crippen LogP contribution in [0.15, 0.2) is 23.1 Å². The third-order valence-corrected chi connectivity index (χ3v) is 5.38. The van der Waals surface area contributed by atoms with Crippen molar-refractivity contribution >= 4 is 21.2 Å². The van der Waals surface area contributed by atoms with Crippen LogP contribution in [-0.2, 0) is 9.84 Å². The van der Waals surface area contributed by atoms with Crippen LogP contribution in [0.4, 0.5) is 11.4 Å². The van der Waals surface area contributed by atoms with Gasteiger partial charge in [0.2, 0.25) is 0 Å². The summed E-state index contributed by atoms with van der Waals surface area (Å²) in [5.41, 5.74) is -0.976. The van der Waals surface area contributed by atoms with Gasteiger partial charge in [-0.05, 0) is 30.9 Å². The van der Waals surface area contributed by atoms with E-state index in [9.17, 15) is 23.6 Å². The van der Waals surface area contributed by atoms with Crippen LogP contribution < -0.4 is 5.32 Å². The highest BCUT2D eigenvalue weighted by Gasteiger charge is 2.33. The number of rotatable bonds is 5. The van der Waals surface area contributed by atoms with Crippen molar-refractivity contribution in [2.24, 2.45) is 5.92 Å². The minimum atomic E-state index is -3.51. The van der Waals surface area contributed by atoms with Crippen LogP contribution in [0.25, 0.3) is 0 Å². The maximum absolute atomic E-state index is 11.5. The van der Waals surface area contributed by atoms with E-state index in [1.54, 1.807) is 0 Å². The fourth-order valence-electron chi connectivity index (χ4n) is 3.10. The zero-order valence-electron chi connectivity index (χ0n) is 13.3. The molecule has 2 N–H and O–H groups in total. The van der Waals surface area contributed by atoms with E-state index >= 15 is 0 Å². The molecule has 0 saturated heterocycles. The second-order valence-corrected chi connectivity index (χ2v) is 8.50. The lowest BCUT2D eigenvalue weighted by Crippen LogP contribution is -2.41. The second-order valence-electron chi connectivity index (χ2n) is 6.49. The van der Waals surface area contributed by atoms with Gasteiger partial charge < -0.3 is 10.4 Å². The molecule has 0 heterocycles.